The molecule has 1 aliphatic heterocycles. The molecular formula is C11H17NO3. The Balaban J connectivity index is 2.01. The van der Waals surface area contributed by atoms with Crippen LogP contribution in [0.25, 0.3) is 0 Å². The number of rotatable bonds is 0. The van der Waals surface area contributed by atoms with Gasteiger partial charge in [0.2, 0.25) is 0 Å². The zero-order valence-electron chi connectivity index (χ0n) is 9.45. The summed E-state index contributed by atoms with van der Waals surface area (Å²) in [7, 11) is 0. The lowest BCUT2D eigenvalue weighted by molar-refractivity contribution is -0.123. The molecule has 1 amide bonds. The van der Waals surface area contributed by atoms with Gasteiger partial charge in [0.05, 0.1) is 6.04 Å². The molecule has 1 heterocycles. The van der Waals surface area contributed by atoms with Crippen molar-refractivity contribution in [1.29, 1.82) is 0 Å². The van der Waals surface area contributed by atoms with Crippen LogP contribution in [0.2, 0.25) is 0 Å². The summed E-state index contributed by atoms with van der Waals surface area (Å²) >= 11 is 0. The first-order chi connectivity index (χ1) is 6.87. The van der Waals surface area contributed by atoms with Crippen molar-refractivity contribution < 1.29 is 14.3 Å². The van der Waals surface area contributed by atoms with Crippen molar-refractivity contribution in [3.63, 3.8) is 0 Å². The van der Waals surface area contributed by atoms with Gasteiger partial charge in [0.1, 0.15) is 5.60 Å². The molecule has 2 bridgehead atoms. The van der Waals surface area contributed by atoms with E-state index in [1.807, 2.05) is 20.8 Å². The van der Waals surface area contributed by atoms with Crippen LogP contribution in [0.15, 0.2) is 0 Å². The van der Waals surface area contributed by atoms with Crippen LogP contribution < -0.4 is 0 Å². The summed E-state index contributed by atoms with van der Waals surface area (Å²) < 4.78 is 5.26. The van der Waals surface area contributed by atoms with E-state index < -0.39 is 5.60 Å². The molecular weight excluding hydrogens is 194 g/mol. The Morgan fingerprint density at radius 1 is 1.47 bits per heavy atom. The lowest BCUT2D eigenvalue weighted by Gasteiger charge is -2.29. The Morgan fingerprint density at radius 2 is 2.13 bits per heavy atom. The number of hydrogen-bond donors (Lipinski definition) is 0. The highest BCUT2D eigenvalue weighted by Gasteiger charge is 2.47. The maximum absolute atomic E-state index is 11.7. The average Bonchev–Trinajstić information content (AvgIpc) is 2.58. The molecule has 2 fully saturated rings. The Labute approximate surface area is 89.6 Å². The molecule has 2 unspecified atom stereocenters. The maximum Gasteiger partial charge on any atom is 0.410 e. The number of carbonyl (C=O) groups is 2. The number of fused-ring (bicyclic) bond motifs is 2. The largest absolute Gasteiger partial charge is 0.444 e. The lowest BCUT2D eigenvalue weighted by Crippen LogP contribution is -2.45. The normalized spacial score (nSPS) is 29.8. The number of ether oxygens (including phenoxy) is 1. The molecule has 1 saturated heterocycles. The fraction of sp³-hybridized carbons (Fsp3) is 0.818. The van der Waals surface area contributed by atoms with Crippen LogP contribution in [-0.4, -0.2) is 35.0 Å². The Bertz CT molecular complexity index is 305. The zero-order chi connectivity index (χ0) is 11.2. The molecule has 4 heteroatoms. The quantitative estimate of drug-likeness (QED) is 0.611. The first-order valence-corrected chi connectivity index (χ1v) is 5.39. The molecule has 0 radical (unpaired) electrons. The van der Waals surface area contributed by atoms with Gasteiger partial charge in [-0.05, 0) is 33.1 Å². The molecule has 15 heavy (non-hydrogen) atoms. The second-order valence-electron chi connectivity index (χ2n) is 5.42. The molecule has 4 nitrogen and oxygen atoms in total. The molecule has 0 aromatic carbocycles. The van der Waals surface area contributed by atoms with Crippen LogP contribution in [-0.2, 0) is 9.53 Å². The van der Waals surface area contributed by atoms with E-state index in [2.05, 4.69) is 0 Å². The number of Topliss-reactive ketones (excluding diaryl/α,β-unsaturated/α-hetero) is 1. The van der Waals surface area contributed by atoms with Crippen molar-refractivity contribution in [1.82, 2.24) is 4.90 Å². The van der Waals surface area contributed by atoms with E-state index in [1.165, 1.54) is 0 Å². The van der Waals surface area contributed by atoms with Crippen LogP contribution in [0, 0.1) is 5.92 Å². The predicted molar refractivity (Wildman–Crippen MR) is 54.5 cm³/mol. The number of piperidine rings is 1. The molecule has 0 aromatic heterocycles. The van der Waals surface area contributed by atoms with Crippen molar-refractivity contribution in [3.05, 3.63) is 0 Å². The maximum atomic E-state index is 11.7. The number of carbonyl (C=O) groups excluding carboxylic acids is 2. The fourth-order valence-electron chi connectivity index (χ4n) is 2.32. The Morgan fingerprint density at radius 3 is 2.60 bits per heavy atom. The topological polar surface area (TPSA) is 46.6 Å². The van der Waals surface area contributed by atoms with Gasteiger partial charge in [-0.2, -0.15) is 0 Å². The van der Waals surface area contributed by atoms with E-state index in [-0.39, 0.29) is 17.9 Å². The van der Waals surface area contributed by atoms with Gasteiger partial charge in [-0.3, -0.25) is 9.69 Å². The minimum atomic E-state index is -0.484. The second kappa shape index (κ2) is 3.22. The van der Waals surface area contributed by atoms with Gasteiger partial charge in [-0.25, -0.2) is 4.79 Å². The number of ketones is 1. The molecule has 1 saturated carbocycles. The SMILES string of the molecule is CC(C)(C)OC(=O)N1CC2CC(=O)C1C2. The Kier molecular flexibility index (Phi) is 2.24. The minimum absolute atomic E-state index is 0.192. The van der Waals surface area contributed by atoms with Crippen LogP contribution in [0.1, 0.15) is 33.6 Å². The predicted octanol–water partition coefficient (Wildman–Crippen LogP) is 1.58. The van der Waals surface area contributed by atoms with Crippen LogP contribution in [0.3, 0.4) is 0 Å². The van der Waals surface area contributed by atoms with E-state index in [0.29, 0.717) is 18.9 Å². The van der Waals surface area contributed by atoms with Crippen molar-refractivity contribution in [2.45, 2.75) is 45.3 Å². The van der Waals surface area contributed by atoms with Gasteiger partial charge < -0.3 is 4.74 Å². The molecule has 2 aliphatic rings. The molecule has 0 aromatic rings. The minimum Gasteiger partial charge on any atom is -0.444 e. The molecule has 2 rings (SSSR count). The first-order valence-electron chi connectivity index (χ1n) is 5.39. The van der Waals surface area contributed by atoms with E-state index >= 15 is 0 Å². The highest BCUT2D eigenvalue weighted by atomic mass is 16.6. The smallest absolute Gasteiger partial charge is 0.410 e. The third-order valence-electron chi connectivity index (χ3n) is 2.88. The van der Waals surface area contributed by atoms with Crippen molar-refractivity contribution in [2.24, 2.45) is 5.92 Å². The van der Waals surface area contributed by atoms with E-state index in [1.54, 1.807) is 4.90 Å². The third-order valence-corrected chi connectivity index (χ3v) is 2.88. The second-order valence-corrected chi connectivity index (χ2v) is 5.42. The lowest BCUT2D eigenvalue weighted by atomic mass is 10.1. The van der Waals surface area contributed by atoms with Gasteiger partial charge in [0.15, 0.2) is 5.78 Å². The number of amides is 1. The molecule has 1 aliphatic carbocycles. The molecule has 84 valence electrons. The van der Waals surface area contributed by atoms with Crippen LogP contribution in [0.4, 0.5) is 4.79 Å². The molecule has 2 atom stereocenters. The summed E-state index contributed by atoms with van der Waals surface area (Å²) in [6.07, 6.45) is 1.13. The number of nitrogens with zero attached hydrogens (tertiary/aromatic N) is 1. The highest BCUT2D eigenvalue weighted by Crippen LogP contribution is 2.35. The summed E-state index contributed by atoms with van der Waals surface area (Å²) in [5.74, 6) is 0.562. The van der Waals surface area contributed by atoms with Gasteiger partial charge in [0, 0.05) is 13.0 Å². The monoisotopic (exact) mass is 211 g/mol. The van der Waals surface area contributed by atoms with Gasteiger partial charge in [-0.1, -0.05) is 0 Å². The van der Waals surface area contributed by atoms with Gasteiger partial charge >= 0.3 is 6.09 Å². The summed E-state index contributed by atoms with van der Waals surface area (Å²) in [4.78, 5) is 24.8. The Hall–Kier alpha value is -1.06. The standard InChI is InChI=1S/C11H17NO3/c1-11(2,3)15-10(14)12-6-7-4-8(12)9(13)5-7/h7-8H,4-6H2,1-3H3. The summed E-state index contributed by atoms with van der Waals surface area (Å²) in [5, 5.41) is 0. The summed E-state index contributed by atoms with van der Waals surface area (Å²) in [6, 6.07) is -0.204. The van der Waals surface area contributed by atoms with Crippen LogP contribution >= 0.6 is 0 Å². The van der Waals surface area contributed by atoms with Crippen molar-refractivity contribution >= 4 is 11.9 Å². The van der Waals surface area contributed by atoms with Crippen molar-refractivity contribution in [2.75, 3.05) is 6.54 Å². The molecule has 0 spiro atoms. The van der Waals surface area contributed by atoms with Crippen molar-refractivity contribution in [3.8, 4) is 0 Å². The van der Waals surface area contributed by atoms with Crippen LogP contribution in [0.5, 0.6) is 0 Å². The highest BCUT2D eigenvalue weighted by molar-refractivity contribution is 5.91. The van der Waals surface area contributed by atoms with E-state index in [4.69, 9.17) is 4.74 Å². The number of hydrogen-bond acceptors (Lipinski definition) is 3. The fourth-order valence-corrected chi connectivity index (χ4v) is 2.32. The van der Waals surface area contributed by atoms with E-state index in [0.717, 1.165) is 6.42 Å². The van der Waals surface area contributed by atoms with E-state index in [9.17, 15) is 9.59 Å². The molecule has 0 N–H and O–H groups in total. The third kappa shape index (κ3) is 1.98. The first kappa shape index (κ1) is 10.5. The van der Waals surface area contributed by atoms with Gasteiger partial charge in [-0.15, -0.1) is 0 Å². The summed E-state index contributed by atoms with van der Waals surface area (Å²) in [5.41, 5.74) is -0.484. The van der Waals surface area contributed by atoms with Gasteiger partial charge in [0.25, 0.3) is 0 Å². The average molecular weight is 211 g/mol. The summed E-state index contributed by atoms with van der Waals surface area (Å²) in [6.45, 7) is 6.19. The number of likely N-dealkylation sites (tertiary alicyclic amines) is 1. The zero-order valence-corrected chi connectivity index (χ0v) is 9.45.